The van der Waals surface area contributed by atoms with Crippen LogP contribution in [0.1, 0.15) is 88.7 Å². The number of carboxylic acid groups (broad SMARTS) is 1. The molecule has 0 bridgehead atoms. The minimum Gasteiger partial charge on any atom is -0.477 e. The Morgan fingerprint density at radius 1 is 0.826 bits per heavy atom. The number of amides is 4. The molecule has 370 valence electrons. The predicted octanol–water partition coefficient (Wildman–Crippen LogP) is 7.82. The zero-order valence-corrected chi connectivity index (χ0v) is 40.1. The van der Waals surface area contributed by atoms with Crippen LogP contribution in [0.2, 0.25) is 0 Å². The average Bonchev–Trinajstić information content (AvgIpc) is 3.32. The van der Waals surface area contributed by atoms with Gasteiger partial charge in [-0.2, -0.15) is 0 Å². The molecule has 0 aliphatic carbocycles. The zero-order chi connectivity index (χ0) is 50.0. The van der Waals surface area contributed by atoms with Gasteiger partial charge in [0.15, 0.2) is 5.78 Å². The summed E-state index contributed by atoms with van der Waals surface area (Å²) in [5, 5.41) is 15.1. The second-order valence-corrected chi connectivity index (χ2v) is 18.9. The van der Waals surface area contributed by atoms with Crippen molar-refractivity contribution in [3.63, 3.8) is 0 Å². The van der Waals surface area contributed by atoms with E-state index in [1.54, 1.807) is 45.6 Å². The van der Waals surface area contributed by atoms with Crippen LogP contribution in [0.4, 0.5) is 30.1 Å². The zero-order valence-electron chi connectivity index (χ0n) is 40.1. The normalized spacial score (nSPS) is 15.3. The smallest absolute Gasteiger partial charge is 0.410 e. The Morgan fingerprint density at radius 2 is 1.45 bits per heavy atom. The monoisotopic (exact) mass is 954 g/mol. The first-order valence-corrected chi connectivity index (χ1v) is 23.4. The molecule has 2 aliphatic rings. The van der Waals surface area contributed by atoms with Gasteiger partial charge in [0.25, 0.3) is 0 Å². The van der Waals surface area contributed by atoms with Gasteiger partial charge in [0, 0.05) is 75.4 Å². The molecule has 2 fully saturated rings. The van der Waals surface area contributed by atoms with Gasteiger partial charge in [0.2, 0.25) is 11.3 Å². The van der Waals surface area contributed by atoms with E-state index in [9.17, 15) is 38.7 Å². The first-order valence-electron chi connectivity index (χ1n) is 23.4. The van der Waals surface area contributed by atoms with Gasteiger partial charge in [0.05, 0.1) is 17.2 Å². The number of halogens is 1. The highest BCUT2D eigenvalue weighted by Gasteiger charge is 2.34. The molecule has 6 rings (SSSR count). The largest absolute Gasteiger partial charge is 0.477 e. The van der Waals surface area contributed by atoms with Crippen LogP contribution < -0.4 is 21.0 Å². The van der Waals surface area contributed by atoms with Gasteiger partial charge in [-0.3, -0.25) is 14.4 Å². The van der Waals surface area contributed by atoms with E-state index in [1.807, 2.05) is 65.0 Å². The Kier molecular flexibility index (Phi) is 17.0. The average molecular weight is 955 g/mol. The summed E-state index contributed by atoms with van der Waals surface area (Å²) in [5.74, 6) is -3.77. The number of fused-ring (bicyclic) bond motifs is 1. The number of piperidine rings is 1. The van der Waals surface area contributed by atoms with Gasteiger partial charge in [-0.25, -0.2) is 23.6 Å². The molecule has 18 heteroatoms. The molecule has 4 amide bonds. The topological polar surface area (TPSA) is 206 Å². The van der Waals surface area contributed by atoms with Crippen molar-refractivity contribution in [2.45, 2.75) is 98.6 Å². The lowest BCUT2D eigenvalue weighted by Gasteiger charge is -2.35. The summed E-state index contributed by atoms with van der Waals surface area (Å²) in [7, 11) is 0. The molecule has 0 spiro atoms. The number of aryl methyl sites for hydroxylation is 1. The van der Waals surface area contributed by atoms with E-state index in [0.29, 0.717) is 55.7 Å². The maximum atomic E-state index is 15.4. The first kappa shape index (κ1) is 51.4. The summed E-state index contributed by atoms with van der Waals surface area (Å²) >= 11 is 0. The fraction of sp³-hybridized carbons (Fsp3) is 0.471. The fourth-order valence-electron chi connectivity index (χ4n) is 8.59. The Hall–Kier alpha value is -6.98. The summed E-state index contributed by atoms with van der Waals surface area (Å²) in [6, 6.07) is 17.7. The number of ketones is 1. The van der Waals surface area contributed by atoms with E-state index in [2.05, 4.69) is 10.6 Å². The SMILES string of the molecule is CCn1cc(C(=O)O)c(=O)c2cc(F)c(N3CCN(C(=O)OCc4ccc(NC(=O)[C@@H](CC(=O)[C@@H](NC(=O)OCc5ccccc5)C(C)C)CC5CCN(C(=O)OC(C)(C)C)CC5)cc4)CC3)cc21. The van der Waals surface area contributed by atoms with Gasteiger partial charge < -0.3 is 49.2 Å². The van der Waals surface area contributed by atoms with E-state index in [4.69, 9.17) is 14.2 Å². The number of aromatic nitrogens is 1. The number of Topliss-reactive ketones (excluding diaryl/α,β-unsaturated/α-hetero) is 1. The van der Waals surface area contributed by atoms with Crippen LogP contribution >= 0.6 is 0 Å². The van der Waals surface area contributed by atoms with E-state index in [0.717, 1.165) is 11.6 Å². The van der Waals surface area contributed by atoms with Crippen molar-refractivity contribution < 1.29 is 52.5 Å². The Balaban J connectivity index is 1.04. The highest BCUT2D eigenvalue weighted by molar-refractivity contribution is 5.97. The van der Waals surface area contributed by atoms with Crippen LogP contribution in [0.3, 0.4) is 0 Å². The molecule has 3 heterocycles. The van der Waals surface area contributed by atoms with Crippen molar-refractivity contribution >= 4 is 58.2 Å². The number of aromatic carboxylic acids is 1. The number of hydrogen-bond acceptors (Lipinski definition) is 11. The number of carbonyl (C=O) groups is 6. The predicted molar refractivity (Wildman–Crippen MR) is 256 cm³/mol. The number of nitrogens with zero attached hydrogens (tertiary/aromatic N) is 4. The second-order valence-electron chi connectivity index (χ2n) is 18.9. The van der Waals surface area contributed by atoms with Crippen molar-refractivity contribution in [3.05, 3.63) is 106 Å². The first-order chi connectivity index (χ1) is 32.8. The maximum absolute atomic E-state index is 15.4. The maximum Gasteiger partial charge on any atom is 0.410 e. The van der Waals surface area contributed by atoms with Crippen LogP contribution in [0.5, 0.6) is 0 Å². The van der Waals surface area contributed by atoms with Crippen molar-refractivity contribution in [3.8, 4) is 0 Å². The number of nitrogens with one attached hydrogen (secondary N) is 2. The number of carbonyl (C=O) groups excluding carboxylic acids is 5. The molecule has 69 heavy (non-hydrogen) atoms. The van der Waals surface area contributed by atoms with Gasteiger partial charge in [-0.1, -0.05) is 56.3 Å². The molecule has 2 saturated heterocycles. The molecule has 2 atom stereocenters. The number of anilines is 2. The third-order valence-corrected chi connectivity index (χ3v) is 12.4. The molecule has 0 radical (unpaired) electrons. The minimum absolute atomic E-state index is 0.0260. The molecule has 4 aromatic rings. The van der Waals surface area contributed by atoms with Crippen LogP contribution in [-0.2, 0) is 43.6 Å². The quantitative estimate of drug-likeness (QED) is 0.0920. The Labute approximate surface area is 400 Å². The molecular formula is C51H63FN6O11. The lowest BCUT2D eigenvalue weighted by Crippen LogP contribution is -2.49. The molecule has 3 N–H and O–H groups in total. The highest BCUT2D eigenvalue weighted by atomic mass is 19.1. The van der Waals surface area contributed by atoms with E-state index >= 15 is 4.39 Å². The summed E-state index contributed by atoms with van der Waals surface area (Å²) in [4.78, 5) is 96.1. The molecular weight excluding hydrogens is 892 g/mol. The summed E-state index contributed by atoms with van der Waals surface area (Å²) in [5.41, 5.74) is 0.720. The molecule has 1 aromatic heterocycles. The Bertz CT molecular complexity index is 2550. The summed E-state index contributed by atoms with van der Waals surface area (Å²) in [6.45, 7) is 13.1. The fourth-order valence-corrected chi connectivity index (χ4v) is 8.59. The minimum atomic E-state index is -1.39. The lowest BCUT2D eigenvalue weighted by atomic mass is 9.82. The van der Waals surface area contributed by atoms with Crippen molar-refractivity contribution in [1.82, 2.24) is 19.7 Å². The standard InChI is InChI=1S/C51H63FN6O11/c1-7-55-29-39(47(62)63)45(60)38-27-40(52)42(28-41(38)55)56-21-23-58(24-22-56)49(65)68-31-35-13-15-37(16-14-35)53-46(61)36(25-33-17-19-57(20-18-33)50(66)69-51(4,5)6)26-43(59)44(32(2)3)54-48(64)67-30-34-11-9-8-10-12-34/h8-16,27-29,32-33,36,44H,7,17-26,30-31H2,1-6H3,(H,53,61)(H,54,64)(H,62,63)/t36-,44+/m1/s1. The lowest BCUT2D eigenvalue weighted by molar-refractivity contribution is -0.128. The Morgan fingerprint density at radius 3 is 2.06 bits per heavy atom. The molecule has 0 unspecified atom stereocenters. The third-order valence-electron chi connectivity index (χ3n) is 12.4. The number of alkyl carbamates (subject to hydrolysis) is 1. The van der Waals surface area contributed by atoms with Crippen LogP contribution in [0.25, 0.3) is 10.9 Å². The van der Waals surface area contributed by atoms with Crippen LogP contribution in [-0.4, -0.2) is 106 Å². The van der Waals surface area contributed by atoms with Gasteiger partial charge in [0.1, 0.15) is 30.2 Å². The number of piperazine rings is 1. The molecule has 3 aromatic carbocycles. The molecule has 0 saturated carbocycles. The number of carboxylic acids is 1. The number of likely N-dealkylation sites (tertiary alicyclic amines) is 1. The number of benzene rings is 3. The van der Waals surface area contributed by atoms with Crippen molar-refractivity contribution in [2.75, 3.05) is 49.5 Å². The van der Waals surface area contributed by atoms with E-state index < -0.39 is 58.6 Å². The number of ether oxygens (including phenoxy) is 3. The van der Waals surface area contributed by atoms with Gasteiger partial charge in [-0.15, -0.1) is 0 Å². The van der Waals surface area contributed by atoms with E-state index in [-0.39, 0.29) is 80.4 Å². The summed E-state index contributed by atoms with van der Waals surface area (Å²) < 4.78 is 33.6. The van der Waals surface area contributed by atoms with Gasteiger partial charge >= 0.3 is 24.2 Å². The van der Waals surface area contributed by atoms with Gasteiger partial charge in [-0.05, 0) is 94.2 Å². The third kappa shape index (κ3) is 13.8. The second kappa shape index (κ2) is 22.9. The number of rotatable bonds is 16. The summed E-state index contributed by atoms with van der Waals surface area (Å²) in [6.07, 6.45) is 1.02. The molecule has 17 nitrogen and oxygen atoms in total. The number of pyridine rings is 1. The molecule has 2 aliphatic heterocycles. The van der Waals surface area contributed by atoms with E-state index in [1.165, 1.54) is 17.2 Å². The van der Waals surface area contributed by atoms with Crippen LogP contribution in [0, 0.1) is 23.6 Å². The van der Waals surface area contributed by atoms with Crippen molar-refractivity contribution in [2.24, 2.45) is 17.8 Å². The highest BCUT2D eigenvalue weighted by Crippen LogP contribution is 2.30. The van der Waals surface area contributed by atoms with Crippen molar-refractivity contribution in [1.29, 1.82) is 0 Å². The van der Waals surface area contributed by atoms with Crippen LogP contribution in [0.15, 0.2) is 77.7 Å². The number of hydrogen-bond donors (Lipinski definition) is 3.